The molecule has 180 valence electrons. The molecule has 3 rings (SSSR count). The van der Waals surface area contributed by atoms with Crippen molar-refractivity contribution in [1.82, 2.24) is 14.9 Å². The molecule has 2 N–H and O–H groups in total. The summed E-state index contributed by atoms with van der Waals surface area (Å²) in [6.07, 6.45) is -0.0221. The van der Waals surface area contributed by atoms with Crippen LogP contribution in [0.3, 0.4) is 0 Å². The van der Waals surface area contributed by atoms with Crippen LogP contribution in [0.2, 0.25) is 0 Å². The second kappa shape index (κ2) is 10.1. The minimum absolute atomic E-state index is 0.0480. The average molecular weight is 468 g/mol. The molecule has 0 saturated carbocycles. The van der Waals surface area contributed by atoms with Gasteiger partial charge in [0.05, 0.1) is 32.9 Å². The van der Waals surface area contributed by atoms with Gasteiger partial charge in [-0.2, -0.15) is 13.2 Å². The Balaban J connectivity index is 1.65. The van der Waals surface area contributed by atoms with Gasteiger partial charge >= 0.3 is 6.18 Å². The molecule has 1 fully saturated rings. The Kier molecular flexibility index (Phi) is 7.50. The number of hydrogen-bond acceptors (Lipinski definition) is 7. The highest BCUT2D eigenvalue weighted by Gasteiger charge is 2.36. The molecule has 0 radical (unpaired) electrons. The lowest BCUT2D eigenvalue weighted by Gasteiger charge is -2.32. The maximum absolute atomic E-state index is 13.0. The molecular formula is C22H27F3N4O4. The molecule has 1 saturated heterocycles. The van der Waals surface area contributed by atoms with Crippen molar-refractivity contribution in [3.8, 4) is 17.2 Å². The number of carbonyl (C=O) groups excluding carboxylic acids is 1. The van der Waals surface area contributed by atoms with Gasteiger partial charge in [-0.3, -0.25) is 4.79 Å². The van der Waals surface area contributed by atoms with Gasteiger partial charge in [-0.25, -0.2) is 9.97 Å². The van der Waals surface area contributed by atoms with Crippen LogP contribution in [0.25, 0.3) is 0 Å². The van der Waals surface area contributed by atoms with Crippen LogP contribution in [0.1, 0.15) is 41.7 Å². The van der Waals surface area contributed by atoms with E-state index in [-0.39, 0.29) is 29.0 Å². The number of methoxy groups -OCH3 is 2. The minimum atomic E-state index is -4.37. The van der Waals surface area contributed by atoms with E-state index in [1.807, 2.05) is 0 Å². The lowest BCUT2D eigenvalue weighted by Crippen LogP contribution is -2.38. The number of halogens is 3. The van der Waals surface area contributed by atoms with Gasteiger partial charge in [0, 0.05) is 37.0 Å². The largest absolute Gasteiger partial charge is 0.496 e. The molecular weight excluding hydrogens is 441 g/mol. The number of aromatic nitrogens is 2. The molecule has 2 aromatic heterocycles. The Morgan fingerprint density at radius 2 is 1.79 bits per heavy atom. The van der Waals surface area contributed by atoms with Crippen LogP contribution >= 0.6 is 0 Å². The highest BCUT2D eigenvalue weighted by molar-refractivity contribution is 5.93. The third-order valence-electron chi connectivity index (χ3n) is 5.68. The normalized spacial score (nSPS) is 15.8. The predicted octanol–water partition coefficient (Wildman–Crippen LogP) is 3.67. The molecule has 1 aliphatic rings. The van der Waals surface area contributed by atoms with E-state index in [0.717, 1.165) is 12.5 Å². The SMILES string of the molecule is COc1cc(C(=O)N2CCC(c3cnc(N)cc3OC)CC2)ncc1OC[C@@H](C)C(F)(F)F. The van der Waals surface area contributed by atoms with Crippen LogP contribution in [-0.2, 0) is 0 Å². The van der Waals surface area contributed by atoms with E-state index in [0.29, 0.717) is 37.5 Å². The van der Waals surface area contributed by atoms with E-state index >= 15 is 0 Å². The number of hydrogen-bond donors (Lipinski definition) is 1. The quantitative estimate of drug-likeness (QED) is 0.662. The van der Waals surface area contributed by atoms with Gasteiger partial charge in [0.1, 0.15) is 17.3 Å². The zero-order chi connectivity index (χ0) is 24.2. The Hall–Kier alpha value is -3.24. The standard InChI is InChI=1S/C22H27F3N4O4/c1-13(22(23,24)25)12-33-19-11-27-16(8-18(19)32-3)21(30)29-6-4-14(5-7-29)15-10-28-20(26)9-17(15)31-2/h8-11,13-14H,4-7,12H2,1-3H3,(H2,26,28)/t13-/m1/s1. The van der Waals surface area contributed by atoms with Gasteiger partial charge < -0.3 is 24.8 Å². The van der Waals surface area contributed by atoms with Crippen LogP contribution in [0, 0.1) is 5.92 Å². The van der Waals surface area contributed by atoms with Gasteiger partial charge in [0.2, 0.25) is 0 Å². The van der Waals surface area contributed by atoms with Crippen LogP contribution in [0.5, 0.6) is 17.2 Å². The number of anilines is 1. The summed E-state index contributed by atoms with van der Waals surface area (Å²) >= 11 is 0. The van der Waals surface area contributed by atoms with E-state index in [4.69, 9.17) is 19.9 Å². The van der Waals surface area contributed by atoms with Crippen LogP contribution in [0.4, 0.5) is 19.0 Å². The second-order valence-corrected chi connectivity index (χ2v) is 7.89. The summed E-state index contributed by atoms with van der Waals surface area (Å²) in [5.41, 5.74) is 6.81. The van der Waals surface area contributed by atoms with E-state index in [1.54, 1.807) is 24.3 Å². The molecule has 1 amide bonds. The molecule has 0 spiro atoms. The minimum Gasteiger partial charge on any atom is -0.496 e. The fourth-order valence-corrected chi connectivity index (χ4v) is 3.62. The Bertz CT molecular complexity index is 979. The third-order valence-corrected chi connectivity index (χ3v) is 5.68. The zero-order valence-electron chi connectivity index (χ0n) is 18.7. The summed E-state index contributed by atoms with van der Waals surface area (Å²) in [4.78, 5) is 22.9. The third kappa shape index (κ3) is 5.77. The predicted molar refractivity (Wildman–Crippen MR) is 115 cm³/mol. The summed E-state index contributed by atoms with van der Waals surface area (Å²) < 4.78 is 54.0. The first-order valence-electron chi connectivity index (χ1n) is 10.5. The lowest BCUT2D eigenvalue weighted by atomic mass is 9.89. The van der Waals surface area contributed by atoms with Crippen molar-refractivity contribution >= 4 is 11.7 Å². The molecule has 33 heavy (non-hydrogen) atoms. The van der Waals surface area contributed by atoms with Gasteiger partial charge in [-0.15, -0.1) is 0 Å². The van der Waals surface area contributed by atoms with E-state index < -0.39 is 18.7 Å². The van der Waals surface area contributed by atoms with Gasteiger partial charge in [0.15, 0.2) is 11.5 Å². The second-order valence-electron chi connectivity index (χ2n) is 7.89. The number of piperidine rings is 1. The van der Waals surface area contributed by atoms with E-state index in [9.17, 15) is 18.0 Å². The van der Waals surface area contributed by atoms with Crippen molar-refractivity contribution in [3.63, 3.8) is 0 Å². The molecule has 11 heteroatoms. The number of nitrogen functional groups attached to an aromatic ring is 1. The number of amides is 1. The van der Waals surface area contributed by atoms with Crippen molar-refractivity contribution in [2.24, 2.45) is 5.92 Å². The smallest absolute Gasteiger partial charge is 0.394 e. The van der Waals surface area contributed by atoms with Crippen LogP contribution in [-0.4, -0.2) is 60.9 Å². The molecule has 8 nitrogen and oxygen atoms in total. The zero-order valence-corrected chi connectivity index (χ0v) is 18.7. The molecule has 2 aromatic rings. The van der Waals surface area contributed by atoms with Crippen LogP contribution < -0.4 is 19.9 Å². The molecule has 0 bridgehead atoms. The summed E-state index contributed by atoms with van der Waals surface area (Å²) in [6.45, 7) is 1.45. The fourth-order valence-electron chi connectivity index (χ4n) is 3.62. The number of ether oxygens (including phenoxy) is 3. The van der Waals surface area contributed by atoms with Crippen molar-refractivity contribution in [1.29, 1.82) is 0 Å². The fraction of sp³-hybridized carbons (Fsp3) is 0.500. The van der Waals surface area contributed by atoms with Crippen molar-refractivity contribution in [3.05, 3.63) is 35.8 Å². The monoisotopic (exact) mass is 468 g/mol. The number of rotatable bonds is 7. The van der Waals surface area contributed by atoms with Gasteiger partial charge in [-0.1, -0.05) is 6.92 Å². The van der Waals surface area contributed by atoms with E-state index in [2.05, 4.69) is 9.97 Å². The summed E-state index contributed by atoms with van der Waals surface area (Å²) in [5, 5.41) is 0. The molecule has 0 unspecified atom stereocenters. The maximum atomic E-state index is 13.0. The Morgan fingerprint density at radius 1 is 1.12 bits per heavy atom. The lowest BCUT2D eigenvalue weighted by molar-refractivity contribution is -0.176. The first kappa shape index (κ1) is 24.4. The summed E-state index contributed by atoms with van der Waals surface area (Å²) in [5.74, 6) is -0.519. The summed E-state index contributed by atoms with van der Waals surface area (Å²) in [6, 6.07) is 3.07. The average Bonchev–Trinajstić information content (AvgIpc) is 2.81. The van der Waals surface area contributed by atoms with E-state index in [1.165, 1.54) is 19.4 Å². The molecule has 1 atom stereocenters. The van der Waals surface area contributed by atoms with Crippen molar-refractivity contribution < 1.29 is 32.2 Å². The highest BCUT2D eigenvalue weighted by Crippen LogP contribution is 2.35. The molecule has 0 aromatic carbocycles. The summed E-state index contributed by atoms with van der Waals surface area (Å²) in [7, 11) is 2.93. The topological polar surface area (TPSA) is 99.8 Å². The van der Waals surface area contributed by atoms with Crippen molar-refractivity contribution in [2.75, 3.05) is 39.6 Å². The number of nitrogens with zero attached hydrogens (tertiary/aromatic N) is 3. The molecule has 1 aliphatic heterocycles. The first-order valence-corrected chi connectivity index (χ1v) is 10.5. The van der Waals surface area contributed by atoms with Crippen LogP contribution in [0.15, 0.2) is 24.5 Å². The van der Waals surface area contributed by atoms with Gasteiger partial charge in [-0.05, 0) is 18.8 Å². The number of carbonyl (C=O) groups is 1. The number of pyridine rings is 2. The maximum Gasteiger partial charge on any atom is 0.394 e. The van der Waals surface area contributed by atoms with Crippen molar-refractivity contribution in [2.45, 2.75) is 31.9 Å². The number of likely N-dealkylation sites (tertiary alicyclic amines) is 1. The van der Waals surface area contributed by atoms with Gasteiger partial charge in [0.25, 0.3) is 5.91 Å². The Labute approximate surface area is 189 Å². The molecule has 0 aliphatic carbocycles. The molecule has 3 heterocycles. The number of nitrogens with two attached hydrogens (primary N) is 1. The highest BCUT2D eigenvalue weighted by atomic mass is 19.4. The first-order chi connectivity index (χ1) is 15.6. The number of alkyl halides is 3. The Morgan fingerprint density at radius 3 is 2.39 bits per heavy atom.